The molecule has 0 bridgehead atoms. The molecule has 0 amide bonds. The Balaban J connectivity index is 1.57. The summed E-state index contributed by atoms with van der Waals surface area (Å²) in [7, 11) is 0. The molecule has 16 heavy (non-hydrogen) atoms. The van der Waals surface area contributed by atoms with Crippen molar-refractivity contribution in [2.24, 2.45) is 5.92 Å². The summed E-state index contributed by atoms with van der Waals surface area (Å²) in [4.78, 5) is 7.37. The van der Waals surface area contributed by atoms with Crippen LogP contribution < -0.4 is 5.32 Å². The molecule has 1 aromatic rings. The summed E-state index contributed by atoms with van der Waals surface area (Å²) in [6.45, 7) is 3.45. The van der Waals surface area contributed by atoms with Crippen molar-refractivity contribution in [2.75, 3.05) is 6.54 Å². The maximum atomic E-state index is 4.23. The van der Waals surface area contributed by atoms with Gasteiger partial charge < -0.3 is 10.3 Å². The van der Waals surface area contributed by atoms with Gasteiger partial charge in [-0.3, -0.25) is 0 Å². The van der Waals surface area contributed by atoms with E-state index in [4.69, 9.17) is 0 Å². The van der Waals surface area contributed by atoms with Gasteiger partial charge >= 0.3 is 0 Å². The molecule has 1 fully saturated rings. The Morgan fingerprint density at radius 2 is 2.31 bits per heavy atom. The van der Waals surface area contributed by atoms with E-state index in [0.29, 0.717) is 6.04 Å². The number of imidazole rings is 1. The Morgan fingerprint density at radius 1 is 1.50 bits per heavy atom. The monoisotopic (exact) mass is 221 g/mol. The Labute approximate surface area is 98.1 Å². The van der Waals surface area contributed by atoms with Gasteiger partial charge in [-0.15, -0.1) is 0 Å². The third-order valence-electron chi connectivity index (χ3n) is 3.72. The zero-order chi connectivity index (χ0) is 11.2. The van der Waals surface area contributed by atoms with Crippen LogP contribution in [0.25, 0.3) is 0 Å². The second-order valence-electron chi connectivity index (χ2n) is 4.93. The van der Waals surface area contributed by atoms with E-state index in [2.05, 4.69) is 22.2 Å². The Bertz CT molecular complexity index is 275. The molecule has 0 radical (unpaired) electrons. The largest absolute Gasteiger partial charge is 0.349 e. The van der Waals surface area contributed by atoms with E-state index >= 15 is 0 Å². The summed E-state index contributed by atoms with van der Waals surface area (Å²) in [5.74, 6) is 2.03. The summed E-state index contributed by atoms with van der Waals surface area (Å²) in [6, 6.07) is 0.694. The number of aromatic nitrogens is 2. The molecule has 1 unspecified atom stereocenters. The molecule has 0 saturated heterocycles. The van der Waals surface area contributed by atoms with E-state index in [1.807, 2.05) is 12.4 Å². The fraction of sp³-hybridized carbons (Fsp3) is 0.769. The number of nitrogens with zero attached hydrogens (tertiary/aromatic N) is 1. The third kappa shape index (κ3) is 3.34. The van der Waals surface area contributed by atoms with Crippen molar-refractivity contribution in [1.29, 1.82) is 0 Å². The van der Waals surface area contributed by atoms with Gasteiger partial charge in [0.25, 0.3) is 0 Å². The summed E-state index contributed by atoms with van der Waals surface area (Å²) < 4.78 is 0. The van der Waals surface area contributed by atoms with Gasteiger partial charge in [0.15, 0.2) is 0 Å². The smallest absolute Gasteiger partial charge is 0.106 e. The average molecular weight is 221 g/mol. The molecule has 1 aliphatic carbocycles. The van der Waals surface area contributed by atoms with Crippen LogP contribution in [-0.2, 0) is 6.42 Å². The predicted octanol–water partition coefficient (Wildman–Crippen LogP) is 2.51. The molecule has 2 rings (SSSR count). The number of H-pyrrole nitrogens is 1. The molecule has 3 nitrogen and oxygen atoms in total. The number of aromatic amines is 1. The summed E-state index contributed by atoms with van der Waals surface area (Å²) in [5, 5.41) is 3.65. The molecule has 1 heterocycles. The molecule has 1 saturated carbocycles. The molecule has 1 aliphatic rings. The first-order valence-electron chi connectivity index (χ1n) is 6.58. The van der Waals surface area contributed by atoms with Crippen molar-refractivity contribution in [2.45, 2.75) is 51.5 Å². The van der Waals surface area contributed by atoms with E-state index in [1.54, 1.807) is 0 Å². The highest BCUT2D eigenvalue weighted by Gasteiger charge is 2.20. The molecule has 90 valence electrons. The van der Waals surface area contributed by atoms with Crippen molar-refractivity contribution in [3.63, 3.8) is 0 Å². The number of rotatable bonds is 6. The van der Waals surface area contributed by atoms with Gasteiger partial charge in [-0.2, -0.15) is 0 Å². The second-order valence-corrected chi connectivity index (χ2v) is 4.93. The SMILES string of the molecule is CC(NCCCc1ncc[nH]1)C1CCCC1. The van der Waals surface area contributed by atoms with E-state index < -0.39 is 0 Å². The van der Waals surface area contributed by atoms with Crippen LogP contribution in [0.3, 0.4) is 0 Å². The van der Waals surface area contributed by atoms with Gasteiger partial charge in [0.05, 0.1) is 0 Å². The number of nitrogens with one attached hydrogen (secondary N) is 2. The van der Waals surface area contributed by atoms with Crippen LogP contribution in [-0.4, -0.2) is 22.6 Å². The summed E-state index contributed by atoms with van der Waals surface area (Å²) in [6.07, 6.45) is 11.7. The standard InChI is InChI=1S/C13H23N3/c1-11(12-5-2-3-6-12)14-8-4-7-13-15-9-10-16-13/h9-12,14H,2-8H2,1H3,(H,15,16). The van der Waals surface area contributed by atoms with Gasteiger partial charge in [0, 0.05) is 24.9 Å². The van der Waals surface area contributed by atoms with Crippen LogP contribution in [0.5, 0.6) is 0 Å². The zero-order valence-electron chi connectivity index (χ0n) is 10.2. The lowest BCUT2D eigenvalue weighted by atomic mass is 10.00. The molecule has 0 aliphatic heterocycles. The third-order valence-corrected chi connectivity index (χ3v) is 3.72. The molecule has 3 heteroatoms. The van der Waals surface area contributed by atoms with Gasteiger partial charge in [0.2, 0.25) is 0 Å². The fourth-order valence-electron chi connectivity index (χ4n) is 2.64. The van der Waals surface area contributed by atoms with Crippen LogP contribution in [0.15, 0.2) is 12.4 Å². The molecule has 2 N–H and O–H groups in total. The van der Waals surface area contributed by atoms with Crippen molar-refractivity contribution in [1.82, 2.24) is 15.3 Å². The van der Waals surface area contributed by atoms with E-state index in [0.717, 1.165) is 24.7 Å². The summed E-state index contributed by atoms with van der Waals surface area (Å²) in [5.41, 5.74) is 0. The first-order valence-corrected chi connectivity index (χ1v) is 6.58. The van der Waals surface area contributed by atoms with Gasteiger partial charge in [0.1, 0.15) is 5.82 Å². The molecule has 0 spiro atoms. The lowest BCUT2D eigenvalue weighted by Crippen LogP contribution is -2.33. The maximum absolute atomic E-state index is 4.23. The van der Waals surface area contributed by atoms with Crippen molar-refractivity contribution in [3.8, 4) is 0 Å². The van der Waals surface area contributed by atoms with Crippen LogP contribution in [0.2, 0.25) is 0 Å². The van der Waals surface area contributed by atoms with Crippen molar-refractivity contribution < 1.29 is 0 Å². The van der Waals surface area contributed by atoms with E-state index in [-0.39, 0.29) is 0 Å². The first kappa shape index (κ1) is 11.6. The Kier molecular flexibility index (Phi) is 4.40. The van der Waals surface area contributed by atoms with E-state index in [1.165, 1.54) is 32.1 Å². The topological polar surface area (TPSA) is 40.7 Å². The minimum Gasteiger partial charge on any atom is -0.349 e. The average Bonchev–Trinajstić information content (AvgIpc) is 2.96. The van der Waals surface area contributed by atoms with Crippen LogP contribution in [0.4, 0.5) is 0 Å². The number of hydrogen-bond acceptors (Lipinski definition) is 2. The highest BCUT2D eigenvalue weighted by atomic mass is 14.9. The molecule has 1 aromatic heterocycles. The summed E-state index contributed by atoms with van der Waals surface area (Å²) >= 11 is 0. The maximum Gasteiger partial charge on any atom is 0.106 e. The first-order chi connectivity index (χ1) is 7.86. The van der Waals surface area contributed by atoms with Gasteiger partial charge in [-0.25, -0.2) is 4.98 Å². The van der Waals surface area contributed by atoms with Gasteiger partial charge in [-0.1, -0.05) is 12.8 Å². The molecular weight excluding hydrogens is 198 g/mol. The van der Waals surface area contributed by atoms with E-state index in [9.17, 15) is 0 Å². The van der Waals surface area contributed by atoms with Crippen molar-refractivity contribution >= 4 is 0 Å². The van der Waals surface area contributed by atoms with Crippen LogP contribution in [0.1, 0.15) is 44.9 Å². The van der Waals surface area contributed by atoms with Crippen LogP contribution >= 0.6 is 0 Å². The quantitative estimate of drug-likeness (QED) is 0.725. The highest BCUT2D eigenvalue weighted by Crippen LogP contribution is 2.27. The molecular formula is C13H23N3. The Morgan fingerprint density at radius 3 is 3.00 bits per heavy atom. The molecule has 1 atom stereocenters. The predicted molar refractivity (Wildman–Crippen MR) is 66.3 cm³/mol. The van der Waals surface area contributed by atoms with Crippen LogP contribution in [0, 0.1) is 5.92 Å². The highest BCUT2D eigenvalue weighted by molar-refractivity contribution is 4.87. The lowest BCUT2D eigenvalue weighted by molar-refractivity contribution is 0.380. The van der Waals surface area contributed by atoms with Gasteiger partial charge in [-0.05, 0) is 38.6 Å². The number of hydrogen-bond donors (Lipinski definition) is 2. The Hall–Kier alpha value is -0.830. The zero-order valence-corrected chi connectivity index (χ0v) is 10.2. The fourth-order valence-corrected chi connectivity index (χ4v) is 2.64. The minimum atomic E-state index is 0.694. The number of aryl methyl sites for hydroxylation is 1. The normalized spacial score (nSPS) is 19.1. The molecule has 0 aromatic carbocycles. The van der Waals surface area contributed by atoms with Crippen molar-refractivity contribution in [3.05, 3.63) is 18.2 Å². The second kappa shape index (κ2) is 6.04. The minimum absolute atomic E-state index is 0.694. The lowest BCUT2D eigenvalue weighted by Gasteiger charge is -2.20.